The van der Waals surface area contributed by atoms with E-state index in [9.17, 15) is 14.0 Å². The summed E-state index contributed by atoms with van der Waals surface area (Å²) >= 11 is 0. The highest BCUT2D eigenvalue weighted by Crippen LogP contribution is 2.38. The number of amides is 1. The maximum absolute atomic E-state index is 13.6. The number of halogens is 1. The van der Waals surface area contributed by atoms with Crippen LogP contribution in [-0.4, -0.2) is 35.4 Å². The first-order valence-electron chi connectivity index (χ1n) is 11.7. The molecule has 1 heterocycles. The first-order valence-corrected chi connectivity index (χ1v) is 11.7. The van der Waals surface area contributed by atoms with Crippen molar-refractivity contribution < 1.29 is 23.5 Å². The van der Waals surface area contributed by atoms with Crippen molar-refractivity contribution in [3.05, 3.63) is 70.8 Å². The molecule has 0 spiro atoms. The zero-order valence-electron chi connectivity index (χ0n) is 19.8. The first-order chi connectivity index (χ1) is 16.9. The molecule has 0 saturated heterocycles. The average Bonchev–Trinajstić information content (AvgIpc) is 3.51. The molecule has 1 aliphatic rings. The summed E-state index contributed by atoms with van der Waals surface area (Å²) in [6.45, 7) is 2.20. The summed E-state index contributed by atoms with van der Waals surface area (Å²) in [5, 5.41) is 7.48. The topological polar surface area (TPSA) is 108 Å². The van der Waals surface area contributed by atoms with Crippen LogP contribution >= 0.6 is 0 Å². The van der Waals surface area contributed by atoms with Crippen LogP contribution < -0.4 is 15.8 Å². The Bertz CT molecular complexity index is 1220. The molecular formula is C26H29FN4O4. The molecule has 2 aromatic carbocycles. The number of nitrogens with two attached hydrogens (primary N) is 1. The van der Waals surface area contributed by atoms with Gasteiger partial charge in [0, 0.05) is 12.5 Å². The zero-order valence-corrected chi connectivity index (χ0v) is 19.8. The molecule has 3 aromatic rings. The number of aromatic nitrogens is 2. The lowest BCUT2D eigenvalue weighted by Crippen LogP contribution is -2.23. The number of hydrogen-bond acceptors (Lipinski definition) is 6. The second-order valence-electron chi connectivity index (χ2n) is 8.45. The minimum absolute atomic E-state index is 0.120. The van der Waals surface area contributed by atoms with Crippen LogP contribution in [0.5, 0.6) is 5.75 Å². The number of hydrogen-bond donors (Lipinski definition) is 2. The van der Waals surface area contributed by atoms with Crippen LogP contribution in [0.25, 0.3) is 5.69 Å². The molecule has 0 unspecified atom stereocenters. The number of methoxy groups -OCH3 is 1. The zero-order chi connectivity index (χ0) is 24.9. The van der Waals surface area contributed by atoms with Gasteiger partial charge in [0.25, 0.3) is 5.91 Å². The molecular weight excluding hydrogens is 451 g/mol. The maximum atomic E-state index is 13.6. The second-order valence-corrected chi connectivity index (χ2v) is 8.45. The highest BCUT2D eigenvalue weighted by molar-refractivity contribution is 5.97. The van der Waals surface area contributed by atoms with Crippen molar-refractivity contribution in [2.45, 2.75) is 45.1 Å². The molecule has 1 amide bonds. The Morgan fingerprint density at radius 1 is 1.17 bits per heavy atom. The summed E-state index contributed by atoms with van der Waals surface area (Å²) in [7, 11) is 1.42. The maximum Gasteiger partial charge on any atom is 0.359 e. The molecule has 8 nitrogen and oxygen atoms in total. The molecule has 35 heavy (non-hydrogen) atoms. The lowest BCUT2D eigenvalue weighted by Gasteiger charge is -2.11. The predicted octanol–water partition coefficient (Wildman–Crippen LogP) is 4.37. The van der Waals surface area contributed by atoms with E-state index < -0.39 is 17.7 Å². The smallest absolute Gasteiger partial charge is 0.359 e. The van der Waals surface area contributed by atoms with Crippen molar-refractivity contribution in [1.29, 1.82) is 0 Å². The normalized spacial score (nSPS) is 13.6. The third kappa shape index (κ3) is 5.13. The molecule has 1 fully saturated rings. The van der Waals surface area contributed by atoms with Crippen molar-refractivity contribution in [2.24, 2.45) is 0 Å². The first kappa shape index (κ1) is 24.3. The van der Waals surface area contributed by atoms with Crippen LogP contribution in [0.3, 0.4) is 0 Å². The van der Waals surface area contributed by atoms with Crippen molar-refractivity contribution in [3.8, 4) is 11.4 Å². The number of carbonyl (C=O) groups is 2. The monoisotopic (exact) mass is 480 g/mol. The van der Waals surface area contributed by atoms with E-state index in [4.69, 9.17) is 20.3 Å². The van der Waals surface area contributed by atoms with Crippen LogP contribution in [0.4, 0.5) is 10.1 Å². The molecule has 1 aliphatic carbocycles. The standard InChI is InChI=1S/C26H29FN4O4/c1-3-35-26(33)24-22(28)23(17-6-4-5-7-17)30-31(24)19-11-8-16(9-12-19)15-29-25(32)20-14-18(27)10-13-21(20)34-2/h8-14,17H,3-7,15,28H2,1-2H3,(H,29,32). The fraction of sp³-hybridized carbons (Fsp3) is 0.346. The van der Waals surface area contributed by atoms with Crippen molar-refractivity contribution in [1.82, 2.24) is 15.1 Å². The van der Waals surface area contributed by atoms with Crippen LogP contribution in [-0.2, 0) is 11.3 Å². The van der Waals surface area contributed by atoms with Gasteiger partial charge in [0.2, 0.25) is 0 Å². The number of carbonyl (C=O) groups excluding carboxylic acids is 2. The Morgan fingerprint density at radius 3 is 2.54 bits per heavy atom. The van der Waals surface area contributed by atoms with Gasteiger partial charge < -0.3 is 20.5 Å². The highest BCUT2D eigenvalue weighted by atomic mass is 19.1. The number of ether oxygens (including phenoxy) is 2. The average molecular weight is 481 g/mol. The van der Waals surface area contributed by atoms with E-state index in [1.54, 1.807) is 23.7 Å². The number of esters is 1. The molecule has 0 radical (unpaired) electrons. The van der Waals surface area contributed by atoms with Crippen LogP contribution in [0.15, 0.2) is 42.5 Å². The van der Waals surface area contributed by atoms with Gasteiger partial charge >= 0.3 is 5.97 Å². The van der Waals surface area contributed by atoms with Crippen LogP contribution in [0, 0.1) is 5.82 Å². The van der Waals surface area contributed by atoms with Crippen LogP contribution in [0.1, 0.15) is 70.6 Å². The van der Waals surface area contributed by atoms with E-state index in [-0.39, 0.29) is 30.3 Å². The summed E-state index contributed by atoms with van der Waals surface area (Å²) in [6.07, 6.45) is 4.23. The number of nitrogen functional groups attached to an aromatic ring is 1. The fourth-order valence-corrected chi connectivity index (χ4v) is 4.42. The molecule has 0 aliphatic heterocycles. The lowest BCUT2D eigenvalue weighted by atomic mass is 10.0. The molecule has 3 N–H and O–H groups in total. The van der Waals surface area contributed by atoms with Gasteiger partial charge in [-0.05, 0) is 55.7 Å². The molecule has 1 aromatic heterocycles. The third-order valence-electron chi connectivity index (χ3n) is 6.20. The van der Waals surface area contributed by atoms with E-state index >= 15 is 0 Å². The summed E-state index contributed by atoms with van der Waals surface area (Å²) in [5.74, 6) is -0.954. The summed E-state index contributed by atoms with van der Waals surface area (Å²) < 4.78 is 25.5. The number of rotatable bonds is 8. The van der Waals surface area contributed by atoms with Crippen molar-refractivity contribution in [3.63, 3.8) is 0 Å². The third-order valence-corrected chi connectivity index (χ3v) is 6.20. The number of benzene rings is 2. The molecule has 0 bridgehead atoms. The van der Waals surface area contributed by atoms with Gasteiger partial charge in [0.15, 0.2) is 5.69 Å². The highest BCUT2D eigenvalue weighted by Gasteiger charge is 2.29. The van der Waals surface area contributed by atoms with Gasteiger partial charge in [0.1, 0.15) is 11.6 Å². The van der Waals surface area contributed by atoms with E-state index in [0.29, 0.717) is 17.1 Å². The predicted molar refractivity (Wildman–Crippen MR) is 129 cm³/mol. The summed E-state index contributed by atoms with van der Waals surface area (Å²) in [5.41, 5.74) is 9.32. The van der Waals surface area contributed by atoms with Gasteiger partial charge in [-0.1, -0.05) is 25.0 Å². The largest absolute Gasteiger partial charge is 0.496 e. The van der Waals surface area contributed by atoms with Gasteiger partial charge in [-0.15, -0.1) is 0 Å². The van der Waals surface area contributed by atoms with E-state index in [0.717, 1.165) is 43.0 Å². The summed E-state index contributed by atoms with van der Waals surface area (Å²) in [4.78, 5) is 25.2. The van der Waals surface area contributed by atoms with E-state index in [1.807, 2.05) is 12.1 Å². The molecule has 4 rings (SSSR count). The fourth-order valence-electron chi connectivity index (χ4n) is 4.42. The van der Waals surface area contributed by atoms with Crippen molar-refractivity contribution in [2.75, 3.05) is 19.5 Å². The second kappa shape index (κ2) is 10.6. The Hall–Kier alpha value is -3.88. The summed E-state index contributed by atoms with van der Waals surface area (Å²) in [6, 6.07) is 11.0. The van der Waals surface area contributed by atoms with Gasteiger partial charge in [-0.2, -0.15) is 5.10 Å². The van der Waals surface area contributed by atoms with Crippen molar-refractivity contribution >= 4 is 17.6 Å². The van der Waals surface area contributed by atoms with Crippen LogP contribution in [0.2, 0.25) is 0 Å². The minimum atomic E-state index is -0.520. The Balaban J connectivity index is 1.54. The molecule has 9 heteroatoms. The SMILES string of the molecule is CCOC(=O)c1c(N)c(C2CCCC2)nn1-c1ccc(CNC(=O)c2cc(F)ccc2OC)cc1. The quantitative estimate of drug-likeness (QED) is 0.464. The number of anilines is 1. The number of nitrogens with zero attached hydrogens (tertiary/aromatic N) is 2. The van der Waals surface area contributed by atoms with Gasteiger partial charge in [-0.25, -0.2) is 13.9 Å². The lowest BCUT2D eigenvalue weighted by molar-refractivity contribution is 0.0517. The van der Waals surface area contributed by atoms with E-state index in [1.165, 1.54) is 19.2 Å². The van der Waals surface area contributed by atoms with Gasteiger partial charge in [0.05, 0.1) is 36.3 Å². The number of nitrogens with one attached hydrogen (secondary N) is 1. The minimum Gasteiger partial charge on any atom is -0.496 e. The molecule has 184 valence electrons. The Morgan fingerprint density at radius 2 is 1.89 bits per heavy atom. The molecule has 0 atom stereocenters. The Labute approximate surface area is 203 Å². The Kier molecular flexibility index (Phi) is 7.33. The van der Waals surface area contributed by atoms with Gasteiger partial charge in [-0.3, -0.25) is 4.79 Å². The molecule has 1 saturated carbocycles. The van der Waals surface area contributed by atoms with E-state index in [2.05, 4.69) is 5.32 Å².